The number of carbonyl (C=O) groups is 1. The minimum atomic E-state index is -0.163. The monoisotopic (exact) mass is 253 g/mol. The van der Waals surface area contributed by atoms with E-state index in [2.05, 4.69) is 0 Å². The first-order valence-electron chi connectivity index (χ1n) is 5.57. The van der Waals surface area contributed by atoms with Crippen LogP contribution in [-0.2, 0) is 0 Å². The van der Waals surface area contributed by atoms with Gasteiger partial charge in [0.25, 0.3) is 0 Å². The van der Waals surface area contributed by atoms with Gasteiger partial charge in [-0.05, 0) is 17.2 Å². The standard InChI is InChI=1S/C15H11NO3/c1-19-15-12(8-16)13(9-17)11(7-14(15)18)10-5-3-2-4-6-10/h2-7,9,18H,1H3. The minimum Gasteiger partial charge on any atom is -0.504 e. The van der Waals surface area contributed by atoms with E-state index in [4.69, 9.17) is 10.00 Å². The average molecular weight is 253 g/mol. The minimum absolute atomic E-state index is 0.0179. The number of nitriles is 1. The highest BCUT2D eigenvalue weighted by molar-refractivity contribution is 5.93. The summed E-state index contributed by atoms with van der Waals surface area (Å²) in [4.78, 5) is 11.3. The first-order chi connectivity index (χ1) is 9.22. The van der Waals surface area contributed by atoms with Crippen molar-refractivity contribution in [3.63, 3.8) is 0 Å². The molecule has 0 bridgehead atoms. The number of rotatable bonds is 3. The van der Waals surface area contributed by atoms with Gasteiger partial charge >= 0.3 is 0 Å². The topological polar surface area (TPSA) is 70.3 Å². The van der Waals surface area contributed by atoms with Gasteiger partial charge in [-0.3, -0.25) is 4.79 Å². The highest BCUT2D eigenvalue weighted by atomic mass is 16.5. The predicted molar refractivity (Wildman–Crippen MR) is 70.2 cm³/mol. The Balaban J connectivity index is 2.80. The van der Waals surface area contributed by atoms with Crippen molar-refractivity contribution in [1.82, 2.24) is 0 Å². The molecule has 4 heteroatoms. The van der Waals surface area contributed by atoms with Crippen molar-refractivity contribution in [2.75, 3.05) is 7.11 Å². The normalized spacial score (nSPS) is 9.68. The van der Waals surface area contributed by atoms with Gasteiger partial charge in [0.2, 0.25) is 0 Å². The Labute approximate surface area is 110 Å². The van der Waals surface area contributed by atoms with Crippen molar-refractivity contribution in [3.8, 4) is 28.7 Å². The summed E-state index contributed by atoms with van der Waals surface area (Å²) >= 11 is 0. The van der Waals surface area contributed by atoms with Gasteiger partial charge in [0.15, 0.2) is 17.8 Å². The second-order valence-electron chi connectivity index (χ2n) is 3.86. The average Bonchev–Trinajstić information content (AvgIpc) is 2.46. The SMILES string of the molecule is COc1c(O)cc(-c2ccccc2)c(C=O)c1C#N. The largest absolute Gasteiger partial charge is 0.504 e. The highest BCUT2D eigenvalue weighted by Gasteiger charge is 2.18. The fourth-order valence-corrected chi connectivity index (χ4v) is 1.96. The quantitative estimate of drug-likeness (QED) is 0.854. The van der Waals surface area contributed by atoms with Crippen LogP contribution in [0.4, 0.5) is 0 Å². The van der Waals surface area contributed by atoms with E-state index in [-0.39, 0.29) is 22.6 Å². The third-order valence-corrected chi connectivity index (χ3v) is 2.82. The molecule has 0 saturated heterocycles. The van der Waals surface area contributed by atoms with Crippen LogP contribution in [0.5, 0.6) is 11.5 Å². The van der Waals surface area contributed by atoms with Gasteiger partial charge in [0.1, 0.15) is 11.6 Å². The van der Waals surface area contributed by atoms with Gasteiger partial charge in [-0.25, -0.2) is 0 Å². The number of aromatic hydroxyl groups is 1. The van der Waals surface area contributed by atoms with Crippen LogP contribution in [-0.4, -0.2) is 18.5 Å². The number of aldehydes is 1. The number of ether oxygens (including phenoxy) is 1. The Hall–Kier alpha value is -2.80. The molecule has 0 aliphatic heterocycles. The van der Waals surface area contributed by atoms with Crippen molar-refractivity contribution >= 4 is 6.29 Å². The molecule has 0 amide bonds. The van der Waals surface area contributed by atoms with E-state index in [0.717, 1.165) is 5.56 Å². The lowest BCUT2D eigenvalue weighted by Crippen LogP contribution is -1.98. The maximum Gasteiger partial charge on any atom is 0.179 e. The van der Waals surface area contributed by atoms with E-state index >= 15 is 0 Å². The number of carbonyl (C=O) groups excluding carboxylic acids is 1. The van der Waals surface area contributed by atoms with Crippen LogP contribution < -0.4 is 4.74 Å². The number of hydrogen-bond donors (Lipinski definition) is 1. The van der Waals surface area contributed by atoms with Gasteiger partial charge in [-0.1, -0.05) is 30.3 Å². The number of phenolic OH excluding ortho intramolecular Hbond substituents is 1. The van der Waals surface area contributed by atoms with E-state index in [1.54, 1.807) is 12.1 Å². The Kier molecular flexibility index (Phi) is 3.48. The summed E-state index contributed by atoms with van der Waals surface area (Å²) in [6, 6.07) is 12.4. The fraction of sp³-hybridized carbons (Fsp3) is 0.0667. The second-order valence-corrected chi connectivity index (χ2v) is 3.86. The maximum absolute atomic E-state index is 11.3. The van der Waals surface area contributed by atoms with E-state index in [1.807, 2.05) is 24.3 Å². The summed E-state index contributed by atoms with van der Waals surface area (Å²) < 4.78 is 4.97. The van der Waals surface area contributed by atoms with Crippen molar-refractivity contribution in [3.05, 3.63) is 47.5 Å². The first-order valence-corrected chi connectivity index (χ1v) is 5.57. The second kappa shape index (κ2) is 5.23. The molecule has 0 atom stereocenters. The summed E-state index contributed by atoms with van der Waals surface area (Å²) in [6.07, 6.45) is 0.600. The Morgan fingerprint density at radius 1 is 1.32 bits per heavy atom. The van der Waals surface area contributed by atoms with E-state index in [9.17, 15) is 9.90 Å². The molecule has 0 spiro atoms. The maximum atomic E-state index is 11.3. The van der Waals surface area contributed by atoms with Gasteiger partial charge in [-0.2, -0.15) is 5.26 Å². The van der Waals surface area contributed by atoms with Crippen LogP contribution in [0.1, 0.15) is 15.9 Å². The van der Waals surface area contributed by atoms with Crippen LogP contribution in [0, 0.1) is 11.3 Å². The molecule has 94 valence electrons. The van der Waals surface area contributed by atoms with E-state index < -0.39 is 0 Å². The van der Waals surface area contributed by atoms with Crippen LogP contribution >= 0.6 is 0 Å². The molecule has 0 unspecified atom stereocenters. The van der Waals surface area contributed by atoms with Crippen LogP contribution in [0.15, 0.2) is 36.4 Å². The lowest BCUT2D eigenvalue weighted by molar-refractivity contribution is 0.112. The molecule has 0 fully saturated rings. The molecule has 0 aliphatic rings. The van der Waals surface area contributed by atoms with Crippen LogP contribution in [0.25, 0.3) is 11.1 Å². The van der Waals surface area contributed by atoms with Crippen molar-refractivity contribution < 1.29 is 14.6 Å². The number of nitrogens with zero attached hydrogens (tertiary/aromatic N) is 1. The van der Waals surface area contributed by atoms with Crippen molar-refractivity contribution in [1.29, 1.82) is 5.26 Å². The molecule has 0 saturated carbocycles. The van der Waals surface area contributed by atoms with Gasteiger partial charge in [0.05, 0.1) is 7.11 Å². The fourth-order valence-electron chi connectivity index (χ4n) is 1.96. The molecular formula is C15H11NO3. The zero-order valence-electron chi connectivity index (χ0n) is 10.3. The molecule has 1 N–H and O–H groups in total. The highest BCUT2D eigenvalue weighted by Crippen LogP contribution is 2.38. The molecule has 2 rings (SSSR count). The van der Waals surface area contributed by atoms with Crippen LogP contribution in [0.2, 0.25) is 0 Å². The molecule has 0 radical (unpaired) electrons. The number of methoxy groups -OCH3 is 1. The summed E-state index contributed by atoms with van der Waals surface area (Å²) in [5, 5.41) is 19.0. The summed E-state index contributed by atoms with van der Waals surface area (Å²) in [6.45, 7) is 0. The Morgan fingerprint density at radius 2 is 2.00 bits per heavy atom. The summed E-state index contributed by atoms with van der Waals surface area (Å²) in [5.41, 5.74) is 1.50. The van der Waals surface area contributed by atoms with Crippen LogP contribution in [0.3, 0.4) is 0 Å². The third kappa shape index (κ3) is 2.14. The zero-order chi connectivity index (χ0) is 13.8. The van der Waals surface area contributed by atoms with Crippen molar-refractivity contribution in [2.45, 2.75) is 0 Å². The smallest absolute Gasteiger partial charge is 0.179 e. The number of benzene rings is 2. The zero-order valence-corrected chi connectivity index (χ0v) is 10.3. The van der Waals surface area contributed by atoms with Gasteiger partial charge in [-0.15, -0.1) is 0 Å². The van der Waals surface area contributed by atoms with Crippen molar-refractivity contribution in [2.24, 2.45) is 0 Å². The Bertz CT molecular complexity index is 657. The molecule has 0 aromatic heterocycles. The van der Waals surface area contributed by atoms with Gasteiger partial charge in [0, 0.05) is 5.56 Å². The molecule has 4 nitrogen and oxygen atoms in total. The lowest BCUT2D eigenvalue weighted by Gasteiger charge is -2.12. The van der Waals surface area contributed by atoms with E-state index in [0.29, 0.717) is 11.8 Å². The third-order valence-electron chi connectivity index (χ3n) is 2.82. The molecular weight excluding hydrogens is 242 g/mol. The summed E-state index contributed by atoms with van der Waals surface area (Å²) in [7, 11) is 1.34. The Morgan fingerprint density at radius 3 is 2.53 bits per heavy atom. The first kappa shape index (κ1) is 12.7. The lowest BCUT2D eigenvalue weighted by atomic mass is 9.95. The number of hydrogen-bond acceptors (Lipinski definition) is 4. The number of phenols is 1. The molecule has 0 aliphatic carbocycles. The summed E-state index contributed by atoms with van der Waals surface area (Å²) in [5.74, 6) is -0.146. The molecule has 2 aromatic rings. The molecule has 2 aromatic carbocycles. The van der Waals surface area contributed by atoms with Gasteiger partial charge < -0.3 is 9.84 Å². The predicted octanol–water partition coefficient (Wildman–Crippen LogP) is 2.75. The van der Waals surface area contributed by atoms with E-state index in [1.165, 1.54) is 13.2 Å². The molecule has 19 heavy (non-hydrogen) atoms. The molecule has 0 heterocycles.